The van der Waals surface area contributed by atoms with Crippen molar-refractivity contribution in [1.29, 1.82) is 0 Å². The molecule has 33 heavy (non-hydrogen) atoms. The molecule has 4 unspecified atom stereocenters. The lowest BCUT2D eigenvalue weighted by molar-refractivity contribution is -0.170. The summed E-state index contributed by atoms with van der Waals surface area (Å²) in [6.45, 7) is 4.77. The normalized spacial score (nSPS) is 33.7. The molecule has 6 atom stereocenters. The molecule has 3 aliphatic rings. The number of phenols is 1. The van der Waals surface area contributed by atoms with Crippen molar-refractivity contribution in [3.63, 3.8) is 0 Å². The van der Waals surface area contributed by atoms with Crippen LogP contribution in [0.1, 0.15) is 37.8 Å². The van der Waals surface area contributed by atoms with Gasteiger partial charge in [0.25, 0.3) is 0 Å². The summed E-state index contributed by atoms with van der Waals surface area (Å²) >= 11 is 0. The van der Waals surface area contributed by atoms with Crippen LogP contribution in [0.4, 0.5) is 0 Å². The molecule has 1 fully saturated rings. The van der Waals surface area contributed by atoms with E-state index in [1.54, 1.807) is 33.0 Å². The Hall–Kier alpha value is -3.01. The second-order valence-electron chi connectivity index (χ2n) is 9.09. The van der Waals surface area contributed by atoms with Crippen molar-refractivity contribution in [1.82, 2.24) is 4.90 Å². The van der Waals surface area contributed by atoms with E-state index in [2.05, 4.69) is 0 Å². The number of ketones is 3. The predicted molar refractivity (Wildman–Crippen MR) is 116 cm³/mol. The maximum absolute atomic E-state index is 13.8. The lowest BCUT2D eigenvalue weighted by atomic mass is 9.54. The summed E-state index contributed by atoms with van der Waals surface area (Å²) in [5.41, 5.74) is -3.38. The lowest BCUT2D eigenvalue weighted by Gasteiger charge is -2.54. The van der Waals surface area contributed by atoms with Crippen molar-refractivity contribution < 1.29 is 39.9 Å². The van der Waals surface area contributed by atoms with E-state index in [1.165, 1.54) is 11.0 Å². The van der Waals surface area contributed by atoms with E-state index >= 15 is 0 Å². The molecule has 5 N–H and O–H groups in total. The van der Waals surface area contributed by atoms with Crippen LogP contribution in [0.5, 0.6) is 5.75 Å². The molecule has 4 rings (SSSR count). The first-order valence-corrected chi connectivity index (χ1v) is 10.8. The summed E-state index contributed by atoms with van der Waals surface area (Å²) in [6, 6.07) is 3.29. The summed E-state index contributed by atoms with van der Waals surface area (Å²) in [6.07, 6.45) is -1.55. The number of benzene rings is 1. The van der Waals surface area contributed by atoms with Crippen LogP contribution in [-0.4, -0.2) is 79.1 Å². The number of hydrogen-bond acceptors (Lipinski definition) is 9. The highest BCUT2D eigenvalue weighted by atomic mass is 16.4. The SMILES string of the molecule is CCN(C)[C@@H]1C(=O)C(C(C)=O)=C(O)[C@@]2(O)C(=O)C3=C(O)c4c(O)cccc4C(C)C3C(O)C12. The van der Waals surface area contributed by atoms with E-state index in [0.29, 0.717) is 12.1 Å². The van der Waals surface area contributed by atoms with Crippen LogP contribution < -0.4 is 0 Å². The van der Waals surface area contributed by atoms with E-state index in [9.17, 15) is 39.9 Å². The Kier molecular flexibility index (Phi) is 5.27. The van der Waals surface area contributed by atoms with E-state index in [1.807, 2.05) is 0 Å². The number of hydrogen-bond donors (Lipinski definition) is 5. The number of fused-ring (bicyclic) bond motifs is 3. The van der Waals surface area contributed by atoms with Gasteiger partial charge < -0.3 is 25.5 Å². The number of aliphatic hydroxyl groups is 4. The molecule has 0 heterocycles. The number of carbonyl (C=O) groups is 3. The molecule has 9 nitrogen and oxygen atoms in total. The fraction of sp³-hybridized carbons (Fsp3) is 0.458. The van der Waals surface area contributed by atoms with Crippen LogP contribution in [-0.2, 0) is 14.4 Å². The van der Waals surface area contributed by atoms with Gasteiger partial charge in [-0.05, 0) is 38.1 Å². The van der Waals surface area contributed by atoms with Crippen LogP contribution in [0.25, 0.3) is 5.76 Å². The standard InChI is InChI=1S/C24H27NO8/c1-5-25(4)18-17-20(29)13-9(2)11-7-6-8-12(27)15(11)19(28)16(13)23(32)24(17,33)22(31)14(10(3)26)21(18)30/h6-9,13,17-18,20,27-29,31,33H,5H2,1-4H3/t9?,13?,17?,18-,20?,24+/m0/s1. The Morgan fingerprint density at radius 3 is 2.39 bits per heavy atom. The van der Waals surface area contributed by atoms with Gasteiger partial charge in [0.05, 0.1) is 23.6 Å². The molecule has 176 valence electrons. The van der Waals surface area contributed by atoms with Gasteiger partial charge in [0.1, 0.15) is 22.8 Å². The molecular weight excluding hydrogens is 430 g/mol. The molecular formula is C24H27NO8. The molecule has 0 aromatic heterocycles. The largest absolute Gasteiger partial charge is 0.508 e. The van der Waals surface area contributed by atoms with Gasteiger partial charge in [0, 0.05) is 11.5 Å². The highest BCUT2D eigenvalue weighted by molar-refractivity contribution is 6.25. The molecule has 3 aliphatic carbocycles. The van der Waals surface area contributed by atoms with Crippen molar-refractivity contribution in [2.24, 2.45) is 11.8 Å². The minimum absolute atomic E-state index is 0.00298. The lowest BCUT2D eigenvalue weighted by Crippen LogP contribution is -2.70. The van der Waals surface area contributed by atoms with Crippen LogP contribution in [0, 0.1) is 11.8 Å². The van der Waals surface area contributed by atoms with Crippen molar-refractivity contribution in [2.45, 2.75) is 44.4 Å². The fourth-order valence-corrected chi connectivity index (χ4v) is 5.79. The van der Waals surface area contributed by atoms with Crippen molar-refractivity contribution >= 4 is 23.1 Å². The van der Waals surface area contributed by atoms with E-state index < -0.39 is 69.9 Å². The first kappa shape index (κ1) is 23.2. The third kappa shape index (κ3) is 2.79. The fourth-order valence-electron chi connectivity index (χ4n) is 5.79. The molecule has 0 saturated heterocycles. The molecule has 9 heteroatoms. The smallest absolute Gasteiger partial charge is 0.202 e. The predicted octanol–water partition coefficient (Wildman–Crippen LogP) is 0.990. The first-order valence-electron chi connectivity index (χ1n) is 10.8. The van der Waals surface area contributed by atoms with Gasteiger partial charge in [0.2, 0.25) is 5.78 Å². The van der Waals surface area contributed by atoms with Gasteiger partial charge in [-0.1, -0.05) is 26.0 Å². The number of nitrogens with zero attached hydrogens (tertiary/aromatic N) is 1. The Morgan fingerprint density at radius 1 is 1.18 bits per heavy atom. The Bertz CT molecular complexity index is 1150. The van der Waals surface area contributed by atoms with Crippen molar-refractivity contribution in [3.05, 3.63) is 46.2 Å². The summed E-state index contributed by atoms with van der Waals surface area (Å²) in [5.74, 6) is -7.85. The average molecular weight is 457 g/mol. The second-order valence-corrected chi connectivity index (χ2v) is 9.09. The maximum atomic E-state index is 13.8. The van der Waals surface area contributed by atoms with Gasteiger partial charge in [-0.25, -0.2) is 0 Å². The Labute approximate surface area is 190 Å². The molecule has 1 aromatic rings. The first-order chi connectivity index (χ1) is 15.4. The second kappa shape index (κ2) is 7.51. The number of aromatic hydroxyl groups is 1. The monoisotopic (exact) mass is 457 g/mol. The molecule has 0 amide bonds. The number of phenolic OH excluding ortho intramolecular Hbond substituents is 1. The summed E-state index contributed by atoms with van der Waals surface area (Å²) < 4.78 is 0. The van der Waals surface area contributed by atoms with Crippen LogP contribution in [0.3, 0.4) is 0 Å². The molecule has 0 bridgehead atoms. The minimum Gasteiger partial charge on any atom is -0.508 e. The van der Waals surface area contributed by atoms with Crippen LogP contribution in [0.2, 0.25) is 0 Å². The highest BCUT2D eigenvalue weighted by Gasteiger charge is 2.68. The molecule has 0 aliphatic heterocycles. The van der Waals surface area contributed by atoms with Gasteiger partial charge in [0.15, 0.2) is 17.2 Å². The third-order valence-electron chi connectivity index (χ3n) is 7.52. The number of carbonyl (C=O) groups excluding carboxylic acids is 3. The summed E-state index contributed by atoms with van der Waals surface area (Å²) in [5, 5.41) is 55.4. The van der Waals surface area contributed by atoms with Crippen LogP contribution >= 0.6 is 0 Å². The number of Topliss-reactive ketones (excluding diaryl/α,β-unsaturated/α-hetero) is 3. The van der Waals surface area contributed by atoms with Gasteiger partial charge in [-0.3, -0.25) is 19.3 Å². The van der Waals surface area contributed by atoms with Gasteiger partial charge in [-0.2, -0.15) is 0 Å². The molecule has 0 spiro atoms. The van der Waals surface area contributed by atoms with E-state index in [0.717, 1.165) is 6.92 Å². The molecule has 0 radical (unpaired) electrons. The average Bonchev–Trinajstić information content (AvgIpc) is 2.75. The highest BCUT2D eigenvalue weighted by Crippen LogP contribution is 2.56. The Morgan fingerprint density at radius 2 is 1.82 bits per heavy atom. The number of rotatable bonds is 3. The zero-order chi connectivity index (χ0) is 24.6. The van der Waals surface area contributed by atoms with Gasteiger partial charge in [-0.15, -0.1) is 0 Å². The zero-order valence-corrected chi connectivity index (χ0v) is 18.7. The van der Waals surface area contributed by atoms with Gasteiger partial charge >= 0.3 is 0 Å². The minimum atomic E-state index is -2.82. The molecule has 1 aromatic carbocycles. The van der Waals surface area contributed by atoms with Crippen LogP contribution in [0.15, 0.2) is 35.1 Å². The Balaban J connectivity index is 2.06. The van der Waals surface area contributed by atoms with E-state index in [4.69, 9.17) is 0 Å². The summed E-state index contributed by atoms with van der Waals surface area (Å²) in [7, 11) is 1.56. The topological polar surface area (TPSA) is 156 Å². The number of aliphatic hydroxyl groups excluding tert-OH is 3. The third-order valence-corrected chi connectivity index (χ3v) is 7.52. The van der Waals surface area contributed by atoms with E-state index in [-0.39, 0.29) is 16.9 Å². The number of likely N-dealkylation sites (N-methyl/N-ethyl adjacent to an activating group) is 1. The van der Waals surface area contributed by atoms with Crippen molar-refractivity contribution in [3.8, 4) is 5.75 Å². The molecule has 1 saturated carbocycles. The summed E-state index contributed by atoms with van der Waals surface area (Å²) in [4.78, 5) is 40.8. The zero-order valence-electron chi connectivity index (χ0n) is 18.7. The van der Waals surface area contributed by atoms with Crippen molar-refractivity contribution in [2.75, 3.05) is 13.6 Å². The quantitative estimate of drug-likeness (QED) is 0.418. The maximum Gasteiger partial charge on any atom is 0.202 e.